The van der Waals surface area contributed by atoms with E-state index in [1.807, 2.05) is 21.1 Å². The second-order valence-electron chi connectivity index (χ2n) is 28.3. The number of unbranched alkanes of at least 4 members (excludes halogenated alkanes) is 32. The van der Waals surface area contributed by atoms with Crippen LogP contribution in [0, 0.1) is 0 Å². The first-order valence-electron chi connectivity index (χ1n) is 41.3. The molecule has 9 nitrogen and oxygen atoms in total. The van der Waals surface area contributed by atoms with Crippen molar-refractivity contribution in [1.29, 1.82) is 0 Å². The molecule has 0 radical (unpaired) electrons. The summed E-state index contributed by atoms with van der Waals surface area (Å²) in [6.07, 6.45) is 118. The van der Waals surface area contributed by atoms with E-state index < -0.39 is 24.3 Å². The Morgan fingerprint density at radius 3 is 0.792 bits per heavy atom. The van der Waals surface area contributed by atoms with Crippen molar-refractivity contribution >= 4 is 17.9 Å². The second kappa shape index (κ2) is 80.3. The first-order valence-corrected chi connectivity index (χ1v) is 41.3. The average Bonchev–Trinajstić information content (AvgIpc) is 1.25. The van der Waals surface area contributed by atoms with Gasteiger partial charge < -0.3 is 33.3 Å². The molecule has 0 aliphatic carbocycles. The molecule has 574 valence electrons. The molecule has 0 aliphatic heterocycles. The minimum absolute atomic E-state index is 0.138. The Morgan fingerprint density at radius 1 is 0.297 bits per heavy atom. The summed E-state index contributed by atoms with van der Waals surface area (Å²) >= 11 is 0. The molecule has 0 aliphatic rings. The fourth-order valence-electron chi connectivity index (χ4n) is 11.3. The van der Waals surface area contributed by atoms with Crippen molar-refractivity contribution in [2.24, 2.45) is 0 Å². The highest BCUT2D eigenvalue weighted by atomic mass is 16.7. The summed E-state index contributed by atoms with van der Waals surface area (Å²) in [5.74, 6) is -2.30. The maximum absolute atomic E-state index is 13.0. The molecule has 2 atom stereocenters. The maximum atomic E-state index is 13.0. The molecule has 101 heavy (non-hydrogen) atoms. The Bertz CT molecular complexity index is 2280. The van der Waals surface area contributed by atoms with E-state index in [1.165, 1.54) is 154 Å². The van der Waals surface area contributed by atoms with Crippen LogP contribution in [-0.4, -0.2) is 82.3 Å². The molecular formula is C92H153NO8. The number of likely N-dealkylation sites (N-methyl/N-ethyl adjacent to an activating group) is 1. The van der Waals surface area contributed by atoms with Crippen molar-refractivity contribution in [3.8, 4) is 0 Å². The molecule has 0 fully saturated rings. The van der Waals surface area contributed by atoms with E-state index in [0.717, 1.165) is 148 Å². The minimum Gasteiger partial charge on any atom is -0.545 e. The van der Waals surface area contributed by atoms with Crippen LogP contribution in [0.3, 0.4) is 0 Å². The summed E-state index contributed by atoms with van der Waals surface area (Å²) in [6, 6.07) is 0. The molecule has 9 heteroatoms. The molecule has 0 bridgehead atoms. The number of carboxylic acids is 1. The van der Waals surface area contributed by atoms with Crippen molar-refractivity contribution in [2.75, 3.05) is 47.5 Å². The fraction of sp³-hybridized carbons (Fsp3) is 0.663. The zero-order chi connectivity index (χ0) is 73.2. The van der Waals surface area contributed by atoms with Crippen LogP contribution in [0.1, 0.15) is 335 Å². The van der Waals surface area contributed by atoms with E-state index in [9.17, 15) is 19.5 Å². The van der Waals surface area contributed by atoms with Gasteiger partial charge in [0.15, 0.2) is 12.4 Å². The van der Waals surface area contributed by atoms with Gasteiger partial charge in [0.25, 0.3) is 0 Å². The van der Waals surface area contributed by atoms with Crippen LogP contribution in [0.25, 0.3) is 0 Å². The molecule has 0 saturated heterocycles. The van der Waals surface area contributed by atoms with Crippen LogP contribution < -0.4 is 5.11 Å². The van der Waals surface area contributed by atoms with Crippen LogP contribution in [0.5, 0.6) is 0 Å². The standard InChI is InChI=1S/C92H153NO8/c1-6-8-10-12-14-16-18-20-22-24-26-28-30-32-34-36-38-40-42-44-45-47-48-50-52-54-56-58-60-62-64-66-68-70-72-74-76-78-80-82-89(94)99-86-88(87-100-92(91(96)97)98-85-84-93(3,4)5)101-90(95)83-81-79-77-75-73-71-69-67-65-63-61-59-57-55-53-51-49-46-43-41-39-37-35-33-31-29-27-25-23-21-19-17-15-13-11-9-7-2/h8-11,14-17,20-23,26-29,33,35,39,41,46,49,53,55,59,61,65,67,88,92H,6-7,12-13,18-19,24-25,30-32,34,36-38,40,42-45,47-48,50-52,54,56-58,60,62-64,66,68-87H2,1-5H3/b10-8-,11-9-,16-14-,17-15-,22-20-,23-21-,28-26-,29-27-,35-33-,41-39-,49-46-,55-53-,61-59-,67-65-. The van der Waals surface area contributed by atoms with Crippen LogP contribution in [0.15, 0.2) is 170 Å². The average molecular weight is 1400 g/mol. The van der Waals surface area contributed by atoms with E-state index in [2.05, 4.69) is 184 Å². The van der Waals surface area contributed by atoms with Crippen LogP contribution in [0.4, 0.5) is 0 Å². The zero-order valence-corrected chi connectivity index (χ0v) is 65.7. The molecule has 0 aromatic carbocycles. The van der Waals surface area contributed by atoms with Crippen LogP contribution in [0.2, 0.25) is 0 Å². The number of carbonyl (C=O) groups excluding carboxylic acids is 3. The smallest absolute Gasteiger partial charge is 0.306 e. The van der Waals surface area contributed by atoms with Gasteiger partial charge in [0, 0.05) is 12.8 Å². The first kappa shape index (κ1) is 95.6. The van der Waals surface area contributed by atoms with Gasteiger partial charge >= 0.3 is 11.9 Å². The molecule has 0 spiro atoms. The number of ether oxygens (including phenoxy) is 4. The molecular weight excluding hydrogens is 1250 g/mol. The normalized spacial score (nSPS) is 13.6. The molecule has 0 rings (SSSR count). The van der Waals surface area contributed by atoms with E-state index >= 15 is 0 Å². The van der Waals surface area contributed by atoms with Gasteiger partial charge in [0.1, 0.15) is 13.2 Å². The summed E-state index contributed by atoms with van der Waals surface area (Å²) in [5.41, 5.74) is 0. The summed E-state index contributed by atoms with van der Waals surface area (Å²) in [6.45, 7) is 4.52. The molecule has 0 aromatic heterocycles. The van der Waals surface area contributed by atoms with Crippen molar-refractivity contribution in [3.05, 3.63) is 170 Å². The summed E-state index contributed by atoms with van der Waals surface area (Å²) < 4.78 is 22.8. The number of hydrogen-bond donors (Lipinski definition) is 0. The van der Waals surface area contributed by atoms with Gasteiger partial charge in [-0.15, -0.1) is 0 Å². The van der Waals surface area contributed by atoms with E-state index in [0.29, 0.717) is 17.4 Å². The first-order chi connectivity index (χ1) is 49.6. The number of aliphatic carboxylic acids is 1. The highest BCUT2D eigenvalue weighted by Gasteiger charge is 2.22. The third-order valence-corrected chi connectivity index (χ3v) is 17.5. The third kappa shape index (κ3) is 81.8. The van der Waals surface area contributed by atoms with Gasteiger partial charge in [-0.25, -0.2) is 0 Å². The summed E-state index contributed by atoms with van der Waals surface area (Å²) in [4.78, 5) is 37.6. The highest BCUT2D eigenvalue weighted by molar-refractivity contribution is 5.70. The third-order valence-electron chi connectivity index (χ3n) is 17.5. The predicted octanol–water partition coefficient (Wildman–Crippen LogP) is 25.6. The van der Waals surface area contributed by atoms with Gasteiger partial charge in [0.05, 0.1) is 40.3 Å². The largest absolute Gasteiger partial charge is 0.545 e. The molecule has 0 amide bonds. The lowest BCUT2D eigenvalue weighted by Crippen LogP contribution is -2.44. The van der Waals surface area contributed by atoms with Crippen molar-refractivity contribution in [3.63, 3.8) is 0 Å². The minimum atomic E-state index is -1.64. The molecule has 0 heterocycles. The van der Waals surface area contributed by atoms with Crippen molar-refractivity contribution in [2.45, 2.75) is 347 Å². The molecule has 0 N–H and O–H groups in total. The number of carbonyl (C=O) groups is 3. The number of nitrogens with zero attached hydrogens (tertiary/aromatic N) is 1. The van der Waals surface area contributed by atoms with Gasteiger partial charge in [-0.3, -0.25) is 9.59 Å². The number of hydrogen-bond acceptors (Lipinski definition) is 8. The van der Waals surface area contributed by atoms with Gasteiger partial charge in [-0.05, 0) is 128 Å². The number of rotatable bonds is 75. The van der Waals surface area contributed by atoms with Crippen LogP contribution >= 0.6 is 0 Å². The molecule has 0 aromatic rings. The Hall–Kier alpha value is -5.35. The lowest BCUT2D eigenvalue weighted by molar-refractivity contribution is -0.870. The van der Waals surface area contributed by atoms with Crippen LogP contribution in [-0.2, 0) is 33.3 Å². The fourth-order valence-corrected chi connectivity index (χ4v) is 11.3. The predicted molar refractivity (Wildman–Crippen MR) is 435 cm³/mol. The summed E-state index contributed by atoms with van der Waals surface area (Å²) in [5, 5.41) is 11.9. The molecule has 2 unspecified atom stereocenters. The van der Waals surface area contributed by atoms with Gasteiger partial charge in [0.2, 0.25) is 0 Å². The zero-order valence-electron chi connectivity index (χ0n) is 65.7. The SMILES string of the molecule is CC/C=C\C/C=C\C/C=C\C/C=C\C/C=C\C/C=C\C/C=C\C/C=C\C/C=C\C/C=C\CCCCCCCCC(=O)OC(COC(=O)CCCCCCCCCCCCCCCCCCCCCCCCCCCC/C=C\C/C=C\C/C=C\C/C=C\CC)COC(OCC[N+](C)(C)C)C(=O)[O-]. The lowest BCUT2D eigenvalue weighted by atomic mass is 10.0. The van der Waals surface area contributed by atoms with E-state index in [1.54, 1.807) is 0 Å². The monoisotopic (exact) mass is 1400 g/mol. The Balaban J connectivity index is 4.07. The highest BCUT2D eigenvalue weighted by Crippen LogP contribution is 2.18. The number of carboxylic acid groups (broad SMARTS) is 1. The van der Waals surface area contributed by atoms with Gasteiger partial charge in [-0.2, -0.15) is 0 Å². The molecule has 0 saturated carbocycles. The van der Waals surface area contributed by atoms with Gasteiger partial charge in [-0.1, -0.05) is 364 Å². The number of allylic oxidation sites excluding steroid dienone is 28. The Kier molecular flexibility index (Phi) is 76.1. The number of quaternary nitrogens is 1. The number of esters is 2. The summed E-state index contributed by atoms with van der Waals surface area (Å²) in [7, 11) is 5.93. The quantitative estimate of drug-likeness (QED) is 0.0195. The lowest BCUT2D eigenvalue weighted by Gasteiger charge is -2.26. The Labute approximate surface area is 622 Å². The van der Waals surface area contributed by atoms with Crippen molar-refractivity contribution in [1.82, 2.24) is 0 Å². The van der Waals surface area contributed by atoms with E-state index in [-0.39, 0.29) is 38.6 Å². The second-order valence-corrected chi connectivity index (χ2v) is 28.3. The topological polar surface area (TPSA) is 111 Å². The van der Waals surface area contributed by atoms with E-state index in [4.69, 9.17) is 18.9 Å². The van der Waals surface area contributed by atoms with Crippen molar-refractivity contribution < 1.29 is 42.9 Å². The Morgan fingerprint density at radius 2 is 0.535 bits per heavy atom. The maximum Gasteiger partial charge on any atom is 0.306 e.